The number of hydrogen-bond donors (Lipinski definition) is 2. The van der Waals surface area contributed by atoms with Gasteiger partial charge in [0.05, 0.1) is 8.95 Å². The van der Waals surface area contributed by atoms with E-state index in [2.05, 4.69) is 31.9 Å². The fraction of sp³-hybridized carbons (Fsp3) is 0.222. The molecule has 82 valence electrons. The largest absolute Gasteiger partial charge is 0.489 e. The molecule has 0 spiro atoms. The summed E-state index contributed by atoms with van der Waals surface area (Å²) in [6.07, 6.45) is 0. The van der Waals surface area contributed by atoms with Gasteiger partial charge >= 0.3 is 5.97 Å². The van der Waals surface area contributed by atoms with Crippen LogP contribution in [0.4, 0.5) is 0 Å². The maximum Gasteiger partial charge on any atom is 0.324 e. The first-order chi connectivity index (χ1) is 7.02. The van der Waals surface area contributed by atoms with Crippen LogP contribution < -0.4 is 10.5 Å². The number of ether oxygens (including phenoxy) is 1. The predicted octanol–water partition coefficient (Wildman–Crippen LogP) is 2.00. The van der Waals surface area contributed by atoms with E-state index in [1.54, 1.807) is 12.1 Å². The second kappa shape index (κ2) is 5.48. The Morgan fingerprint density at radius 1 is 1.47 bits per heavy atom. The highest BCUT2D eigenvalue weighted by Gasteiger charge is 2.14. The van der Waals surface area contributed by atoms with Crippen molar-refractivity contribution in [3.05, 3.63) is 27.1 Å². The van der Waals surface area contributed by atoms with Gasteiger partial charge in [-0.3, -0.25) is 4.79 Å². The minimum atomic E-state index is -1.09. The van der Waals surface area contributed by atoms with Crippen molar-refractivity contribution < 1.29 is 14.6 Å². The summed E-state index contributed by atoms with van der Waals surface area (Å²) < 4.78 is 6.78. The Hall–Kier alpha value is -0.590. The summed E-state index contributed by atoms with van der Waals surface area (Å²) in [6.45, 7) is -0.0729. The van der Waals surface area contributed by atoms with Gasteiger partial charge in [0.1, 0.15) is 18.4 Å². The standard InChI is InChI=1S/C9H9Br2NO3/c10-5-2-1-3-6(11)8(5)15-4-7(12)9(13)14/h1-3,7H,4,12H2,(H,13,14). The molecular formula is C9H9Br2NO3. The summed E-state index contributed by atoms with van der Waals surface area (Å²) in [7, 11) is 0. The number of hydrogen-bond acceptors (Lipinski definition) is 3. The number of rotatable bonds is 4. The van der Waals surface area contributed by atoms with E-state index in [4.69, 9.17) is 15.6 Å². The molecule has 0 aliphatic carbocycles. The van der Waals surface area contributed by atoms with Gasteiger partial charge in [0.15, 0.2) is 0 Å². The van der Waals surface area contributed by atoms with Crippen molar-refractivity contribution in [1.29, 1.82) is 0 Å². The highest BCUT2D eigenvalue weighted by Crippen LogP contribution is 2.32. The van der Waals surface area contributed by atoms with Crippen LogP contribution >= 0.6 is 31.9 Å². The topological polar surface area (TPSA) is 72.5 Å². The Bertz CT molecular complexity index is 350. The van der Waals surface area contributed by atoms with Gasteiger partial charge in [0.25, 0.3) is 0 Å². The molecule has 0 amide bonds. The molecule has 0 aliphatic heterocycles. The van der Waals surface area contributed by atoms with E-state index in [1.807, 2.05) is 6.07 Å². The van der Waals surface area contributed by atoms with Crippen molar-refractivity contribution in [3.63, 3.8) is 0 Å². The summed E-state index contributed by atoms with van der Waals surface area (Å²) in [6, 6.07) is 4.40. The molecule has 0 aliphatic rings. The van der Waals surface area contributed by atoms with E-state index in [-0.39, 0.29) is 6.61 Å². The lowest BCUT2D eigenvalue weighted by Crippen LogP contribution is -2.36. The molecule has 0 radical (unpaired) electrons. The van der Waals surface area contributed by atoms with Crippen LogP contribution in [0, 0.1) is 0 Å². The van der Waals surface area contributed by atoms with Gasteiger partial charge in [0.2, 0.25) is 0 Å². The van der Waals surface area contributed by atoms with E-state index in [1.165, 1.54) is 0 Å². The number of halogens is 2. The van der Waals surface area contributed by atoms with Crippen LogP contribution in [0.25, 0.3) is 0 Å². The first-order valence-electron chi connectivity index (χ1n) is 4.07. The number of carbonyl (C=O) groups is 1. The van der Waals surface area contributed by atoms with Gasteiger partial charge in [-0.15, -0.1) is 0 Å². The number of benzene rings is 1. The Morgan fingerprint density at radius 2 is 2.00 bits per heavy atom. The second-order valence-electron chi connectivity index (χ2n) is 2.81. The van der Waals surface area contributed by atoms with Crippen LogP contribution in [0.15, 0.2) is 27.1 Å². The fourth-order valence-electron chi connectivity index (χ4n) is 0.865. The van der Waals surface area contributed by atoms with E-state index in [0.717, 1.165) is 8.95 Å². The minimum absolute atomic E-state index is 0.0729. The van der Waals surface area contributed by atoms with Gasteiger partial charge in [-0.1, -0.05) is 6.07 Å². The lowest BCUT2D eigenvalue weighted by molar-refractivity contribution is -0.139. The highest BCUT2D eigenvalue weighted by atomic mass is 79.9. The zero-order valence-corrected chi connectivity index (χ0v) is 10.8. The summed E-state index contributed by atoms with van der Waals surface area (Å²) >= 11 is 6.58. The summed E-state index contributed by atoms with van der Waals surface area (Å²) in [5, 5.41) is 8.57. The normalized spacial score (nSPS) is 12.2. The molecule has 0 saturated carbocycles. The zero-order valence-electron chi connectivity index (χ0n) is 7.61. The second-order valence-corrected chi connectivity index (χ2v) is 4.52. The van der Waals surface area contributed by atoms with Crippen molar-refractivity contribution in [2.24, 2.45) is 5.73 Å². The smallest absolute Gasteiger partial charge is 0.324 e. The monoisotopic (exact) mass is 337 g/mol. The van der Waals surface area contributed by atoms with Gasteiger partial charge in [-0.2, -0.15) is 0 Å². The highest BCUT2D eigenvalue weighted by molar-refractivity contribution is 9.11. The number of carboxylic acid groups (broad SMARTS) is 1. The molecule has 4 nitrogen and oxygen atoms in total. The van der Waals surface area contributed by atoms with E-state index in [9.17, 15) is 4.79 Å². The summed E-state index contributed by atoms with van der Waals surface area (Å²) in [5.74, 6) is -0.535. The van der Waals surface area contributed by atoms with Gasteiger partial charge < -0.3 is 15.6 Å². The third-order valence-electron chi connectivity index (χ3n) is 1.64. The van der Waals surface area contributed by atoms with Crippen LogP contribution in [-0.4, -0.2) is 23.7 Å². The zero-order chi connectivity index (χ0) is 11.4. The average Bonchev–Trinajstić information content (AvgIpc) is 2.16. The molecular weight excluding hydrogens is 330 g/mol. The molecule has 1 atom stereocenters. The minimum Gasteiger partial charge on any atom is -0.489 e. The lowest BCUT2D eigenvalue weighted by atomic mass is 10.3. The summed E-state index contributed by atoms with van der Waals surface area (Å²) in [5.41, 5.74) is 5.31. The molecule has 0 bridgehead atoms. The first-order valence-corrected chi connectivity index (χ1v) is 5.66. The van der Waals surface area contributed by atoms with Gasteiger partial charge in [-0.25, -0.2) is 0 Å². The molecule has 3 N–H and O–H groups in total. The van der Waals surface area contributed by atoms with Crippen molar-refractivity contribution in [3.8, 4) is 5.75 Å². The number of aliphatic carboxylic acids is 1. The Balaban J connectivity index is 2.69. The molecule has 0 aromatic heterocycles. The predicted molar refractivity (Wildman–Crippen MR) is 62.9 cm³/mol. The Labute approximate surface area is 104 Å². The van der Waals surface area contributed by atoms with Crippen molar-refractivity contribution in [2.45, 2.75) is 6.04 Å². The number of carboxylic acids is 1. The van der Waals surface area contributed by atoms with Crippen molar-refractivity contribution in [2.75, 3.05) is 6.61 Å². The Morgan fingerprint density at radius 3 is 2.47 bits per heavy atom. The molecule has 1 rings (SSSR count). The first kappa shape index (κ1) is 12.5. The van der Waals surface area contributed by atoms with Crippen LogP contribution in [-0.2, 0) is 4.79 Å². The van der Waals surface area contributed by atoms with Gasteiger partial charge in [-0.05, 0) is 44.0 Å². The molecule has 1 aromatic carbocycles. The molecule has 0 heterocycles. The fourth-order valence-corrected chi connectivity index (χ4v) is 2.09. The molecule has 6 heteroatoms. The SMILES string of the molecule is NC(COc1c(Br)cccc1Br)C(=O)O. The van der Waals surface area contributed by atoms with Crippen LogP contribution in [0.1, 0.15) is 0 Å². The quantitative estimate of drug-likeness (QED) is 0.880. The van der Waals surface area contributed by atoms with E-state index >= 15 is 0 Å². The average molecular weight is 339 g/mol. The third kappa shape index (κ3) is 3.48. The Kier molecular flexibility index (Phi) is 4.56. The molecule has 0 fully saturated rings. The van der Waals surface area contributed by atoms with Gasteiger partial charge in [0, 0.05) is 0 Å². The summed E-state index contributed by atoms with van der Waals surface area (Å²) in [4.78, 5) is 10.5. The van der Waals surface area contributed by atoms with Crippen LogP contribution in [0.3, 0.4) is 0 Å². The molecule has 1 unspecified atom stereocenters. The maximum atomic E-state index is 10.5. The third-order valence-corrected chi connectivity index (χ3v) is 2.89. The lowest BCUT2D eigenvalue weighted by Gasteiger charge is -2.12. The van der Waals surface area contributed by atoms with E-state index < -0.39 is 12.0 Å². The number of nitrogens with two attached hydrogens (primary N) is 1. The van der Waals surface area contributed by atoms with Crippen molar-refractivity contribution in [1.82, 2.24) is 0 Å². The van der Waals surface area contributed by atoms with Crippen LogP contribution in [0.2, 0.25) is 0 Å². The molecule has 1 aromatic rings. The number of para-hydroxylation sites is 1. The molecule has 15 heavy (non-hydrogen) atoms. The maximum absolute atomic E-state index is 10.5. The van der Waals surface area contributed by atoms with Crippen LogP contribution in [0.5, 0.6) is 5.75 Å². The molecule has 0 saturated heterocycles. The van der Waals surface area contributed by atoms with Crippen molar-refractivity contribution >= 4 is 37.8 Å². The van der Waals surface area contributed by atoms with E-state index in [0.29, 0.717) is 5.75 Å².